The average molecular weight is 1330 g/mol. The summed E-state index contributed by atoms with van der Waals surface area (Å²) in [4.78, 5) is 31.3. The van der Waals surface area contributed by atoms with Crippen molar-refractivity contribution in [2.75, 3.05) is 73.0 Å². The van der Waals surface area contributed by atoms with Crippen molar-refractivity contribution < 1.29 is 53.9 Å². The van der Waals surface area contributed by atoms with E-state index < -0.39 is 54.4 Å². The van der Waals surface area contributed by atoms with Gasteiger partial charge in [0.1, 0.15) is 34.9 Å². The first-order valence-corrected chi connectivity index (χ1v) is 30.3. The number of fused-ring (bicyclic) bond motifs is 2. The number of ether oxygens (including phenoxy) is 2. The predicted octanol–water partition coefficient (Wildman–Crippen LogP) is 16.0. The summed E-state index contributed by atoms with van der Waals surface area (Å²) < 4.78 is 135. The highest BCUT2D eigenvalue weighted by molar-refractivity contribution is 9.10. The molecule has 0 radical (unpaired) electrons. The summed E-state index contributed by atoms with van der Waals surface area (Å²) in [5, 5.41) is 7.03. The number of rotatable bonds is 12. The van der Waals surface area contributed by atoms with Crippen molar-refractivity contribution >= 4 is 84.7 Å². The molecule has 0 atom stereocenters. The average Bonchev–Trinajstić information content (AvgIpc) is 0.948. The van der Waals surface area contributed by atoms with Gasteiger partial charge in [-0.15, -0.1) is 0 Å². The Balaban J connectivity index is 0.000000152. The quantitative estimate of drug-likeness (QED) is 0.0884. The number of nitrogens with zero attached hydrogens (tertiary/aromatic N) is 8. The fraction of sp³-hybridized carbons (Fsp3) is 0.265. The third-order valence-corrected chi connectivity index (χ3v) is 17.0. The molecular weight excluding hydrogens is 1260 g/mol. The van der Waals surface area contributed by atoms with Crippen molar-refractivity contribution in [2.24, 2.45) is 0 Å². The highest BCUT2D eigenvalue weighted by Gasteiger charge is 2.51. The topological polar surface area (TPSA) is 145 Å². The smallest absolute Gasteiger partial charge is 0.399 e. The Hall–Kier alpha value is -8.68. The molecule has 92 heavy (non-hydrogen) atoms. The maximum absolute atomic E-state index is 15.4. The molecule has 0 bridgehead atoms. The van der Waals surface area contributed by atoms with Crippen LogP contribution in [0.2, 0.25) is 0 Å². The molecule has 24 heteroatoms. The Morgan fingerprint density at radius 1 is 0.533 bits per heavy atom. The lowest BCUT2D eigenvalue weighted by Crippen LogP contribution is -2.41. The fourth-order valence-electron chi connectivity index (χ4n) is 10.8. The van der Waals surface area contributed by atoms with E-state index in [1.807, 2.05) is 58.9 Å². The van der Waals surface area contributed by atoms with Crippen molar-refractivity contribution in [3.63, 3.8) is 0 Å². The molecule has 3 aliphatic heterocycles. The van der Waals surface area contributed by atoms with Crippen molar-refractivity contribution in [3.8, 4) is 33.9 Å². The van der Waals surface area contributed by atoms with Gasteiger partial charge < -0.3 is 39.2 Å². The number of pyridine rings is 6. The van der Waals surface area contributed by atoms with Gasteiger partial charge in [-0.2, -0.15) is 0 Å². The van der Waals surface area contributed by atoms with Gasteiger partial charge in [0.05, 0.1) is 109 Å². The minimum atomic E-state index is -2.65. The molecule has 0 aliphatic carbocycles. The third kappa shape index (κ3) is 14.2. The van der Waals surface area contributed by atoms with Gasteiger partial charge in [-0.25, -0.2) is 55.1 Å². The van der Waals surface area contributed by atoms with Crippen molar-refractivity contribution in [3.05, 3.63) is 196 Å². The molecule has 3 aliphatic rings. The summed E-state index contributed by atoms with van der Waals surface area (Å²) in [5.41, 5.74) is 6.45. The maximum Gasteiger partial charge on any atom is 0.494 e. The molecule has 14 nitrogen and oxygen atoms in total. The van der Waals surface area contributed by atoms with Gasteiger partial charge in [-0.1, -0.05) is 54.6 Å². The Kier molecular flexibility index (Phi) is 19.5. The minimum Gasteiger partial charge on any atom is -0.399 e. The zero-order valence-electron chi connectivity index (χ0n) is 50.9. The van der Waals surface area contributed by atoms with Gasteiger partial charge in [0.15, 0.2) is 0 Å². The maximum atomic E-state index is 15.4. The van der Waals surface area contributed by atoms with Crippen molar-refractivity contribution in [1.82, 2.24) is 29.9 Å². The van der Waals surface area contributed by atoms with E-state index in [0.717, 1.165) is 31.0 Å². The predicted molar refractivity (Wildman–Crippen MR) is 346 cm³/mol. The minimum absolute atomic E-state index is 0.0118. The Bertz CT molecular complexity index is 4290. The fourth-order valence-corrected chi connectivity index (χ4v) is 11.1. The number of halogens is 9. The SMILES string of the molecule is CC1(C)OB(c2cccc(C(F)F)c2)OC1(C)C.Cc1c(-c2ccccn2)nc2cc(F)cc(F)c2c1Nc1cc(N2CCOCC2)ncc1-c1cccc(C(F)F)c1.Cc1c(-c2ccccn2)nc2cc(F)cc(F)c2c1Nc1cc(N2CCOCC2)ncc1Br. The van der Waals surface area contributed by atoms with E-state index in [-0.39, 0.29) is 32.9 Å². The molecule has 9 heterocycles. The van der Waals surface area contributed by atoms with E-state index in [1.54, 1.807) is 80.2 Å². The number of hydrogen-bond donors (Lipinski definition) is 2. The van der Waals surface area contributed by atoms with Crippen LogP contribution in [0.25, 0.3) is 55.7 Å². The summed E-state index contributed by atoms with van der Waals surface area (Å²) in [7, 11) is -0.589. The normalized spacial score (nSPS) is 15.3. The van der Waals surface area contributed by atoms with Crippen molar-refractivity contribution in [2.45, 2.75) is 65.6 Å². The Morgan fingerprint density at radius 3 is 1.49 bits per heavy atom. The Morgan fingerprint density at radius 2 is 1.00 bits per heavy atom. The molecule has 2 N–H and O–H groups in total. The van der Waals surface area contributed by atoms with Crippen molar-refractivity contribution in [1.29, 1.82) is 0 Å². The molecule has 0 amide bonds. The molecule has 0 unspecified atom stereocenters. The monoisotopic (exact) mass is 1320 g/mol. The Labute approximate surface area is 534 Å². The highest BCUT2D eigenvalue weighted by atomic mass is 79.9. The van der Waals surface area contributed by atoms with Gasteiger partial charge in [0.25, 0.3) is 12.9 Å². The molecule has 0 saturated carbocycles. The number of aromatic nitrogens is 6. The molecule has 10 aromatic rings. The number of nitrogens with one attached hydrogen (secondary N) is 2. The van der Waals surface area contributed by atoms with Crippen LogP contribution in [0.1, 0.15) is 62.8 Å². The van der Waals surface area contributed by atoms with Crippen LogP contribution in [0, 0.1) is 37.1 Å². The second-order valence-corrected chi connectivity index (χ2v) is 23.8. The molecule has 0 spiro atoms. The van der Waals surface area contributed by atoms with E-state index >= 15 is 8.78 Å². The van der Waals surface area contributed by atoms with Gasteiger partial charge in [0.2, 0.25) is 0 Å². The summed E-state index contributed by atoms with van der Waals surface area (Å²) in [6.45, 7) is 16.5. The first kappa shape index (κ1) is 64.8. The van der Waals surface area contributed by atoms with Gasteiger partial charge in [0, 0.05) is 115 Å². The lowest BCUT2D eigenvalue weighted by Gasteiger charge is -2.32. The van der Waals surface area contributed by atoms with Crippen LogP contribution in [0.4, 0.5) is 69.5 Å². The highest BCUT2D eigenvalue weighted by Crippen LogP contribution is 2.43. The third-order valence-electron chi connectivity index (χ3n) is 16.4. The zero-order chi connectivity index (χ0) is 65.0. The lowest BCUT2D eigenvalue weighted by atomic mass is 9.78. The van der Waals surface area contributed by atoms with E-state index in [0.29, 0.717) is 123 Å². The molecule has 13 rings (SSSR count). The van der Waals surface area contributed by atoms with Crippen LogP contribution in [-0.2, 0) is 18.8 Å². The largest absolute Gasteiger partial charge is 0.494 e. The number of benzene rings is 4. The first-order valence-electron chi connectivity index (χ1n) is 29.5. The number of hydrogen-bond acceptors (Lipinski definition) is 14. The van der Waals surface area contributed by atoms with Crippen LogP contribution >= 0.6 is 15.9 Å². The summed E-state index contributed by atoms with van der Waals surface area (Å²) in [6.07, 6.45) is 1.48. The van der Waals surface area contributed by atoms with Gasteiger partial charge in [-0.05, 0) is 98.8 Å². The lowest BCUT2D eigenvalue weighted by molar-refractivity contribution is 0.00578. The van der Waals surface area contributed by atoms with Crippen LogP contribution in [0.5, 0.6) is 0 Å². The number of anilines is 6. The summed E-state index contributed by atoms with van der Waals surface area (Å²) in [6, 6.07) is 30.9. The van der Waals surface area contributed by atoms with Gasteiger partial charge in [-0.3, -0.25) is 9.97 Å². The molecule has 3 fully saturated rings. The van der Waals surface area contributed by atoms with Crippen LogP contribution in [-0.4, -0.2) is 101 Å². The number of alkyl halides is 4. The second kappa shape index (κ2) is 27.7. The second-order valence-electron chi connectivity index (χ2n) is 23.0. The molecule has 6 aromatic heterocycles. The molecule has 474 valence electrons. The number of morpholine rings is 2. The zero-order valence-corrected chi connectivity index (χ0v) is 52.4. The molecule has 3 saturated heterocycles. The summed E-state index contributed by atoms with van der Waals surface area (Å²) >= 11 is 3.54. The summed E-state index contributed by atoms with van der Waals surface area (Å²) in [5.74, 6) is -1.47. The van der Waals surface area contributed by atoms with E-state index in [9.17, 15) is 26.3 Å². The van der Waals surface area contributed by atoms with Crippen LogP contribution < -0.4 is 25.9 Å². The van der Waals surface area contributed by atoms with Gasteiger partial charge >= 0.3 is 7.12 Å². The molecular formula is C68H62BBrF8N10O4. The van der Waals surface area contributed by atoms with Crippen LogP contribution in [0.15, 0.2) is 151 Å². The van der Waals surface area contributed by atoms with Crippen LogP contribution in [0.3, 0.4) is 0 Å². The first-order chi connectivity index (χ1) is 44.1. The van der Waals surface area contributed by atoms with E-state index in [2.05, 4.69) is 66.3 Å². The van der Waals surface area contributed by atoms with E-state index in [1.165, 1.54) is 36.4 Å². The standard InChI is InChI=1S/C31H25F4N5O.C24H20BrF2N5O.C13H17BF2O2/c1-18-29(24-7-2-3-8-36-24)39-26-15-21(32)14-23(33)28(26)30(18)38-25-16-27(40-9-11-41-12-10-40)37-17-22(25)19-5-4-6-20(13-19)31(34)35;1-14-23(18-4-2-3-5-28-18)31-20-11-15(26)10-17(27)22(20)24(14)30-19-12-21(29-13-16(19)25)32-6-8-33-9-7-32;1-12(2)13(3,4)18-14(17-12)10-7-5-6-9(8-10)11(15)16/h2-8,13-17,31H,9-12H2,1H3,(H,37,38,39);2-5,10-13H,6-9H2,1H3,(H,29,30,31);5-8,11H,1-4H3. The molecule has 4 aromatic carbocycles. The van der Waals surface area contributed by atoms with E-state index in [4.69, 9.17) is 18.8 Å².